The zero-order valence-electron chi connectivity index (χ0n) is 10.6. The predicted octanol–water partition coefficient (Wildman–Crippen LogP) is 2.62. The van der Waals surface area contributed by atoms with Crippen molar-refractivity contribution in [2.24, 2.45) is 23.0 Å². The molecule has 4 unspecified atom stereocenters. The minimum atomic E-state index is -0.168. The van der Waals surface area contributed by atoms with Gasteiger partial charge in [0, 0.05) is 0 Å². The van der Waals surface area contributed by atoms with Gasteiger partial charge in [-0.3, -0.25) is 4.79 Å². The summed E-state index contributed by atoms with van der Waals surface area (Å²) in [7, 11) is 0. The van der Waals surface area contributed by atoms with E-state index in [2.05, 4.69) is 30.3 Å². The van der Waals surface area contributed by atoms with E-state index in [-0.39, 0.29) is 16.7 Å². The second-order valence-electron chi connectivity index (χ2n) is 6.75. The fourth-order valence-corrected chi connectivity index (χ4v) is 5.42. The fraction of sp³-hybridized carbons (Fsp3) is 0.562. The monoisotopic (exact) mass is 241 g/mol. The van der Waals surface area contributed by atoms with E-state index in [4.69, 9.17) is 5.73 Å². The summed E-state index contributed by atoms with van der Waals surface area (Å²) in [4.78, 5) is 12.0. The molecule has 4 bridgehead atoms. The Morgan fingerprint density at radius 3 is 2.61 bits per heavy atom. The highest BCUT2D eigenvalue weighted by Gasteiger charge is 2.66. The van der Waals surface area contributed by atoms with Crippen molar-refractivity contribution in [1.29, 1.82) is 0 Å². The Bertz CT molecular complexity index is 511. The summed E-state index contributed by atoms with van der Waals surface area (Å²) in [6.07, 6.45) is 5.73. The maximum atomic E-state index is 12.0. The first-order valence-corrected chi connectivity index (χ1v) is 7.00. The second kappa shape index (κ2) is 3.17. The lowest BCUT2D eigenvalue weighted by molar-refractivity contribution is -0.129. The van der Waals surface area contributed by atoms with Crippen LogP contribution >= 0.6 is 0 Å². The maximum Gasteiger partial charge on any atom is 0.223 e. The number of primary amides is 1. The first-order chi connectivity index (χ1) is 8.65. The van der Waals surface area contributed by atoms with Crippen LogP contribution in [0.5, 0.6) is 0 Å². The molecule has 2 nitrogen and oxygen atoms in total. The summed E-state index contributed by atoms with van der Waals surface area (Å²) in [5.41, 5.74) is 7.27. The number of hydrogen-bond donors (Lipinski definition) is 1. The van der Waals surface area contributed by atoms with Gasteiger partial charge >= 0.3 is 0 Å². The summed E-state index contributed by atoms with van der Waals surface area (Å²) in [6.45, 7) is 0. The van der Waals surface area contributed by atoms with Crippen molar-refractivity contribution in [3.8, 4) is 0 Å². The predicted molar refractivity (Wildman–Crippen MR) is 69.8 cm³/mol. The van der Waals surface area contributed by atoms with E-state index in [9.17, 15) is 4.79 Å². The minimum absolute atomic E-state index is 0.0347. The Balaban J connectivity index is 1.81. The summed E-state index contributed by atoms with van der Waals surface area (Å²) >= 11 is 0. The molecule has 4 atom stereocenters. The molecular formula is C16H19NO. The molecule has 4 saturated carbocycles. The third-order valence-corrected chi connectivity index (χ3v) is 5.90. The van der Waals surface area contributed by atoms with Gasteiger partial charge in [0.25, 0.3) is 0 Å². The second-order valence-corrected chi connectivity index (χ2v) is 6.75. The molecular weight excluding hydrogens is 222 g/mol. The van der Waals surface area contributed by atoms with Gasteiger partial charge in [-0.05, 0) is 54.9 Å². The molecule has 2 N–H and O–H groups in total. The van der Waals surface area contributed by atoms with Crippen LogP contribution < -0.4 is 5.73 Å². The van der Waals surface area contributed by atoms with E-state index >= 15 is 0 Å². The molecule has 0 saturated heterocycles. The zero-order valence-corrected chi connectivity index (χ0v) is 10.6. The third-order valence-electron chi connectivity index (χ3n) is 5.90. The van der Waals surface area contributed by atoms with Crippen molar-refractivity contribution in [3.05, 3.63) is 35.9 Å². The fourth-order valence-electron chi connectivity index (χ4n) is 5.42. The standard InChI is InChI=1S/C16H19NO/c17-14(18)16-8-11-6-13(16)9-15(7-11,10-16)12-4-2-1-3-5-12/h1-5,11,13H,6-10H2,(H2,17,18). The molecule has 0 heterocycles. The molecule has 94 valence electrons. The average molecular weight is 241 g/mol. The lowest BCUT2D eigenvalue weighted by atomic mass is 9.63. The molecule has 0 radical (unpaired) electrons. The van der Waals surface area contributed by atoms with Crippen molar-refractivity contribution < 1.29 is 4.79 Å². The molecule has 18 heavy (non-hydrogen) atoms. The molecule has 1 aromatic carbocycles. The maximum absolute atomic E-state index is 12.0. The van der Waals surface area contributed by atoms with E-state index in [1.165, 1.54) is 24.8 Å². The highest BCUT2D eigenvalue weighted by atomic mass is 16.1. The largest absolute Gasteiger partial charge is 0.369 e. The quantitative estimate of drug-likeness (QED) is 0.849. The van der Waals surface area contributed by atoms with Crippen molar-refractivity contribution in [2.45, 2.75) is 37.5 Å². The molecule has 4 fully saturated rings. The normalized spacial score (nSPS) is 44.4. The van der Waals surface area contributed by atoms with Crippen LogP contribution in [-0.2, 0) is 10.2 Å². The number of carbonyl (C=O) groups is 1. The molecule has 5 rings (SSSR count). The van der Waals surface area contributed by atoms with Gasteiger partial charge in [0.1, 0.15) is 0 Å². The zero-order chi connectivity index (χ0) is 12.4. The van der Waals surface area contributed by atoms with Crippen molar-refractivity contribution >= 4 is 5.91 Å². The van der Waals surface area contributed by atoms with Gasteiger partial charge in [-0.2, -0.15) is 0 Å². The van der Waals surface area contributed by atoms with Crippen LogP contribution in [0.4, 0.5) is 0 Å². The van der Waals surface area contributed by atoms with Crippen LogP contribution in [0, 0.1) is 17.3 Å². The average Bonchev–Trinajstić information content (AvgIpc) is 2.76. The smallest absolute Gasteiger partial charge is 0.223 e. The number of nitrogens with two attached hydrogens (primary N) is 1. The third kappa shape index (κ3) is 1.12. The van der Waals surface area contributed by atoms with Crippen LogP contribution in [-0.4, -0.2) is 5.91 Å². The molecule has 1 amide bonds. The topological polar surface area (TPSA) is 43.1 Å². The van der Waals surface area contributed by atoms with E-state index in [0.29, 0.717) is 5.92 Å². The van der Waals surface area contributed by atoms with E-state index in [1.54, 1.807) is 0 Å². The number of rotatable bonds is 2. The Morgan fingerprint density at radius 1 is 1.17 bits per heavy atom. The molecule has 4 aliphatic carbocycles. The van der Waals surface area contributed by atoms with Gasteiger partial charge in [-0.1, -0.05) is 30.3 Å². The molecule has 1 aromatic rings. The van der Waals surface area contributed by atoms with Crippen molar-refractivity contribution in [1.82, 2.24) is 0 Å². The molecule has 2 heteroatoms. The summed E-state index contributed by atoms with van der Waals surface area (Å²) in [5, 5.41) is 0. The Hall–Kier alpha value is -1.31. The Labute approximate surface area is 108 Å². The van der Waals surface area contributed by atoms with E-state index in [0.717, 1.165) is 18.8 Å². The number of carbonyl (C=O) groups excluding carboxylic acids is 1. The molecule has 0 aliphatic heterocycles. The van der Waals surface area contributed by atoms with Crippen LogP contribution in [0.15, 0.2) is 30.3 Å². The number of amides is 1. The Morgan fingerprint density at radius 2 is 1.94 bits per heavy atom. The van der Waals surface area contributed by atoms with Crippen LogP contribution in [0.2, 0.25) is 0 Å². The lowest BCUT2D eigenvalue weighted by Gasteiger charge is -2.40. The van der Waals surface area contributed by atoms with Gasteiger partial charge in [0.15, 0.2) is 0 Å². The van der Waals surface area contributed by atoms with E-state index in [1.807, 2.05) is 0 Å². The van der Waals surface area contributed by atoms with E-state index < -0.39 is 0 Å². The van der Waals surface area contributed by atoms with Gasteiger partial charge in [-0.25, -0.2) is 0 Å². The number of benzene rings is 1. The first-order valence-electron chi connectivity index (χ1n) is 7.00. The van der Waals surface area contributed by atoms with Crippen LogP contribution in [0.25, 0.3) is 0 Å². The number of hydrogen-bond acceptors (Lipinski definition) is 1. The molecule has 0 spiro atoms. The summed E-state index contributed by atoms with van der Waals surface area (Å²) in [6, 6.07) is 10.8. The van der Waals surface area contributed by atoms with Crippen LogP contribution in [0.1, 0.15) is 37.7 Å². The highest BCUT2D eigenvalue weighted by Crippen LogP contribution is 2.70. The van der Waals surface area contributed by atoms with Crippen molar-refractivity contribution in [2.75, 3.05) is 0 Å². The summed E-state index contributed by atoms with van der Waals surface area (Å²) < 4.78 is 0. The van der Waals surface area contributed by atoms with Gasteiger partial charge in [0.05, 0.1) is 5.41 Å². The van der Waals surface area contributed by atoms with Crippen molar-refractivity contribution in [3.63, 3.8) is 0 Å². The van der Waals surface area contributed by atoms with Gasteiger partial charge < -0.3 is 5.73 Å². The highest BCUT2D eigenvalue weighted by molar-refractivity contribution is 5.83. The molecule has 4 aliphatic rings. The van der Waals surface area contributed by atoms with Crippen LogP contribution in [0.3, 0.4) is 0 Å². The lowest BCUT2D eigenvalue weighted by Crippen LogP contribution is -2.41. The first kappa shape index (κ1) is 10.6. The SMILES string of the molecule is NC(=O)C12CC3CC1CC(c1ccccc1)(C3)C2. The Kier molecular flexibility index (Phi) is 1.87. The molecule has 0 aromatic heterocycles. The van der Waals surface area contributed by atoms with Gasteiger partial charge in [-0.15, -0.1) is 0 Å². The summed E-state index contributed by atoms with van der Waals surface area (Å²) in [5.74, 6) is 1.24. The van der Waals surface area contributed by atoms with Gasteiger partial charge in [0.2, 0.25) is 5.91 Å². The minimum Gasteiger partial charge on any atom is -0.369 e.